The van der Waals surface area contributed by atoms with Crippen molar-refractivity contribution < 1.29 is 14.3 Å². The minimum absolute atomic E-state index is 0.223. The zero-order valence-corrected chi connectivity index (χ0v) is 10.1. The average molecular weight is 234 g/mol. The predicted molar refractivity (Wildman–Crippen MR) is 60.6 cm³/mol. The number of thioether (sulfide) groups is 1. The van der Waals surface area contributed by atoms with Crippen LogP contribution in [-0.2, 0) is 14.3 Å². The highest BCUT2D eigenvalue weighted by molar-refractivity contribution is 7.99. The third-order valence-corrected chi connectivity index (χ3v) is 2.76. The molecule has 0 bridgehead atoms. The lowest BCUT2D eigenvalue weighted by Crippen LogP contribution is -2.48. The molecule has 0 aromatic rings. The zero-order chi connectivity index (χ0) is 11.8. The summed E-state index contributed by atoms with van der Waals surface area (Å²) in [6, 6.07) is -1.22. The van der Waals surface area contributed by atoms with Crippen molar-refractivity contribution in [2.45, 2.75) is 25.1 Å². The molecule has 0 fully saturated rings. The number of esters is 1. The second-order valence-corrected chi connectivity index (χ2v) is 4.30. The molecule has 0 heterocycles. The summed E-state index contributed by atoms with van der Waals surface area (Å²) in [5, 5.41) is 2.88. The van der Waals surface area contributed by atoms with Gasteiger partial charge in [-0.2, -0.15) is 11.8 Å². The van der Waals surface area contributed by atoms with Crippen molar-refractivity contribution in [3.05, 3.63) is 0 Å². The standard InChI is InChI=1S/C9H18N2O3S/c1-4-14-9(13)7(10)8(12)11-5-6(2)15-3/h6-7H,4-5,10H2,1-3H3,(H,11,12). The molecule has 0 radical (unpaired) electrons. The highest BCUT2D eigenvalue weighted by atomic mass is 32.2. The number of hydrogen-bond acceptors (Lipinski definition) is 5. The molecule has 2 atom stereocenters. The van der Waals surface area contributed by atoms with Gasteiger partial charge >= 0.3 is 5.97 Å². The van der Waals surface area contributed by atoms with Gasteiger partial charge in [-0.1, -0.05) is 6.92 Å². The number of nitrogens with two attached hydrogens (primary N) is 1. The van der Waals surface area contributed by atoms with Crippen molar-refractivity contribution in [2.75, 3.05) is 19.4 Å². The number of nitrogens with one attached hydrogen (secondary N) is 1. The van der Waals surface area contributed by atoms with Gasteiger partial charge in [0, 0.05) is 11.8 Å². The summed E-state index contributed by atoms with van der Waals surface area (Å²) in [6.45, 7) is 4.35. The maximum atomic E-state index is 11.3. The third kappa shape index (κ3) is 5.64. The Morgan fingerprint density at radius 3 is 2.60 bits per heavy atom. The molecule has 88 valence electrons. The Morgan fingerprint density at radius 1 is 1.53 bits per heavy atom. The molecule has 2 unspecified atom stereocenters. The van der Waals surface area contributed by atoms with Gasteiger partial charge < -0.3 is 15.8 Å². The van der Waals surface area contributed by atoms with Gasteiger partial charge in [0.05, 0.1) is 6.61 Å². The lowest BCUT2D eigenvalue weighted by molar-refractivity contribution is -0.147. The Bertz CT molecular complexity index is 223. The zero-order valence-electron chi connectivity index (χ0n) is 9.28. The van der Waals surface area contributed by atoms with Crippen LogP contribution in [0.25, 0.3) is 0 Å². The molecule has 0 saturated carbocycles. The minimum Gasteiger partial charge on any atom is -0.464 e. The number of amides is 1. The number of carbonyl (C=O) groups excluding carboxylic acids is 2. The SMILES string of the molecule is CCOC(=O)C(N)C(=O)NCC(C)SC. The topological polar surface area (TPSA) is 81.4 Å². The Hall–Kier alpha value is -0.750. The molecule has 0 saturated heterocycles. The molecule has 5 nitrogen and oxygen atoms in total. The fourth-order valence-electron chi connectivity index (χ4n) is 0.777. The second-order valence-electron chi connectivity index (χ2n) is 3.02. The first kappa shape index (κ1) is 14.2. The Kier molecular flexibility index (Phi) is 7.15. The van der Waals surface area contributed by atoms with Gasteiger partial charge in [-0.3, -0.25) is 4.79 Å². The molecule has 15 heavy (non-hydrogen) atoms. The van der Waals surface area contributed by atoms with E-state index in [2.05, 4.69) is 10.1 Å². The van der Waals surface area contributed by atoms with E-state index in [4.69, 9.17) is 5.73 Å². The van der Waals surface area contributed by atoms with Gasteiger partial charge in [-0.05, 0) is 13.2 Å². The first-order valence-corrected chi connectivity index (χ1v) is 6.04. The van der Waals surface area contributed by atoms with E-state index >= 15 is 0 Å². The van der Waals surface area contributed by atoms with Crippen LogP contribution in [0.1, 0.15) is 13.8 Å². The van der Waals surface area contributed by atoms with E-state index in [1.165, 1.54) is 0 Å². The molecular weight excluding hydrogens is 216 g/mol. The monoisotopic (exact) mass is 234 g/mol. The van der Waals surface area contributed by atoms with Crippen molar-refractivity contribution in [1.82, 2.24) is 5.32 Å². The Labute approximate surface area is 94.1 Å². The molecule has 0 aliphatic carbocycles. The van der Waals surface area contributed by atoms with Crippen molar-refractivity contribution in [1.29, 1.82) is 0 Å². The number of hydrogen-bond donors (Lipinski definition) is 2. The van der Waals surface area contributed by atoms with Crippen LogP contribution in [0.4, 0.5) is 0 Å². The van der Waals surface area contributed by atoms with Crippen LogP contribution in [-0.4, -0.2) is 42.6 Å². The molecule has 0 spiro atoms. The molecular formula is C9H18N2O3S. The van der Waals surface area contributed by atoms with Crippen LogP contribution >= 0.6 is 11.8 Å². The lowest BCUT2D eigenvalue weighted by atomic mass is 10.3. The van der Waals surface area contributed by atoms with Gasteiger partial charge in [0.1, 0.15) is 0 Å². The van der Waals surface area contributed by atoms with Gasteiger partial charge in [0.15, 0.2) is 6.04 Å². The summed E-state index contributed by atoms with van der Waals surface area (Å²) < 4.78 is 4.63. The van der Waals surface area contributed by atoms with Crippen molar-refractivity contribution in [3.8, 4) is 0 Å². The minimum atomic E-state index is -1.22. The van der Waals surface area contributed by atoms with E-state index < -0.39 is 17.9 Å². The van der Waals surface area contributed by atoms with Crippen LogP contribution in [0.5, 0.6) is 0 Å². The van der Waals surface area contributed by atoms with E-state index in [-0.39, 0.29) is 6.61 Å². The molecule has 6 heteroatoms. The summed E-state index contributed by atoms with van der Waals surface area (Å²) in [6.07, 6.45) is 1.95. The average Bonchev–Trinajstić information content (AvgIpc) is 2.24. The first-order chi connectivity index (χ1) is 7.02. The summed E-state index contributed by atoms with van der Waals surface area (Å²) in [7, 11) is 0. The van der Waals surface area contributed by atoms with Gasteiger partial charge in [-0.25, -0.2) is 4.79 Å². The number of ether oxygens (including phenoxy) is 1. The smallest absolute Gasteiger partial charge is 0.332 e. The summed E-state index contributed by atoms with van der Waals surface area (Å²) in [5.74, 6) is -1.18. The van der Waals surface area contributed by atoms with E-state index in [1.807, 2.05) is 13.2 Å². The van der Waals surface area contributed by atoms with Crippen molar-refractivity contribution in [3.63, 3.8) is 0 Å². The number of carbonyl (C=O) groups is 2. The first-order valence-electron chi connectivity index (χ1n) is 4.75. The van der Waals surface area contributed by atoms with E-state index in [0.29, 0.717) is 11.8 Å². The summed E-state index contributed by atoms with van der Waals surface area (Å²) >= 11 is 1.63. The quantitative estimate of drug-likeness (QED) is 0.489. The molecule has 0 aliphatic rings. The lowest BCUT2D eigenvalue weighted by Gasteiger charge is -2.13. The van der Waals surface area contributed by atoms with Crippen molar-refractivity contribution in [2.24, 2.45) is 5.73 Å². The van der Waals surface area contributed by atoms with Crippen LogP contribution < -0.4 is 11.1 Å². The molecule has 0 aromatic heterocycles. The largest absolute Gasteiger partial charge is 0.464 e. The highest BCUT2D eigenvalue weighted by Gasteiger charge is 2.23. The molecule has 0 rings (SSSR count). The van der Waals surface area contributed by atoms with E-state index in [0.717, 1.165) is 0 Å². The van der Waals surface area contributed by atoms with E-state index in [1.54, 1.807) is 18.7 Å². The summed E-state index contributed by atoms with van der Waals surface area (Å²) in [5.41, 5.74) is 5.38. The van der Waals surface area contributed by atoms with Gasteiger partial charge in [-0.15, -0.1) is 0 Å². The fourth-order valence-corrected chi connectivity index (χ4v) is 1.03. The maximum absolute atomic E-state index is 11.3. The highest BCUT2D eigenvalue weighted by Crippen LogP contribution is 2.02. The Morgan fingerprint density at radius 2 is 2.13 bits per heavy atom. The van der Waals surface area contributed by atoms with Crippen molar-refractivity contribution >= 4 is 23.6 Å². The maximum Gasteiger partial charge on any atom is 0.332 e. The molecule has 3 N–H and O–H groups in total. The predicted octanol–water partition coefficient (Wildman–Crippen LogP) is -0.255. The van der Waals surface area contributed by atoms with Gasteiger partial charge in [0.25, 0.3) is 0 Å². The molecule has 0 aliphatic heterocycles. The fraction of sp³-hybridized carbons (Fsp3) is 0.778. The van der Waals surface area contributed by atoms with Crippen LogP contribution in [0.2, 0.25) is 0 Å². The normalized spacial score (nSPS) is 14.1. The van der Waals surface area contributed by atoms with Crippen LogP contribution in [0, 0.1) is 0 Å². The third-order valence-electron chi connectivity index (χ3n) is 1.79. The number of rotatable bonds is 6. The van der Waals surface area contributed by atoms with Crippen LogP contribution in [0.3, 0.4) is 0 Å². The Balaban J connectivity index is 3.93. The van der Waals surface area contributed by atoms with Gasteiger partial charge in [0.2, 0.25) is 5.91 Å². The molecule has 0 aromatic carbocycles. The summed E-state index contributed by atoms with van der Waals surface area (Å²) in [4.78, 5) is 22.4. The van der Waals surface area contributed by atoms with Crippen LogP contribution in [0.15, 0.2) is 0 Å². The van der Waals surface area contributed by atoms with E-state index in [9.17, 15) is 9.59 Å². The second kappa shape index (κ2) is 7.53. The molecule has 1 amide bonds.